The number of rotatable bonds is 5. The second-order valence-corrected chi connectivity index (χ2v) is 5.55. The molecule has 1 aromatic rings. The monoisotopic (exact) mass is 337 g/mol. The van der Waals surface area contributed by atoms with Crippen LogP contribution in [0.25, 0.3) is 0 Å². The maximum absolute atomic E-state index is 12.5. The zero-order chi connectivity index (χ0) is 16.8. The maximum Gasteiger partial charge on any atom is 0.293 e. The lowest BCUT2D eigenvalue weighted by molar-refractivity contribution is -0.113. The van der Waals surface area contributed by atoms with Crippen molar-refractivity contribution in [3.05, 3.63) is 40.8 Å². The lowest BCUT2D eigenvalue weighted by atomic mass is 10.2. The molecule has 0 radical (unpaired) electrons. The molecule has 0 aromatic heterocycles. The molecular formula is C16H20ClN3O3. The maximum atomic E-state index is 12.5. The van der Waals surface area contributed by atoms with Crippen LogP contribution in [0.2, 0.25) is 5.02 Å². The fourth-order valence-corrected chi connectivity index (χ4v) is 2.47. The summed E-state index contributed by atoms with van der Waals surface area (Å²) in [6.07, 6.45) is 1.92. The van der Waals surface area contributed by atoms with Gasteiger partial charge in [0.15, 0.2) is 5.57 Å². The quantitative estimate of drug-likeness (QED) is 0.333. The SMILES string of the molecule is CCO/C(O)=C(\C(=N)N1CCCC1)C(=O)Nc1ccc(Cl)cc1. The van der Waals surface area contributed by atoms with E-state index in [1.54, 1.807) is 36.1 Å². The Labute approximate surface area is 140 Å². The third-order valence-corrected chi connectivity index (χ3v) is 3.74. The van der Waals surface area contributed by atoms with Gasteiger partial charge in [-0.1, -0.05) is 11.6 Å². The number of aliphatic hydroxyl groups is 1. The van der Waals surface area contributed by atoms with Crippen molar-refractivity contribution in [3.8, 4) is 0 Å². The van der Waals surface area contributed by atoms with Gasteiger partial charge in [-0.05, 0) is 44.0 Å². The van der Waals surface area contributed by atoms with Crippen LogP contribution in [0, 0.1) is 5.41 Å². The smallest absolute Gasteiger partial charge is 0.293 e. The molecule has 1 heterocycles. The number of amides is 1. The zero-order valence-corrected chi connectivity index (χ0v) is 13.7. The summed E-state index contributed by atoms with van der Waals surface area (Å²) in [5.41, 5.74) is 0.360. The number of ether oxygens (including phenoxy) is 1. The van der Waals surface area contributed by atoms with Crippen LogP contribution >= 0.6 is 11.6 Å². The number of anilines is 1. The van der Waals surface area contributed by atoms with Crippen molar-refractivity contribution >= 4 is 29.0 Å². The Hall–Kier alpha value is -2.21. The predicted molar refractivity (Wildman–Crippen MR) is 89.9 cm³/mol. The van der Waals surface area contributed by atoms with Crippen LogP contribution in [-0.2, 0) is 9.53 Å². The standard InChI is InChI=1S/C16H20ClN3O3/c1-2-23-16(22)13(14(18)20-9-3-4-10-20)15(21)19-12-7-5-11(17)6-8-12/h5-8,18,22H,2-4,9-10H2,1H3,(H,19,21)/b16-13+,18-14?. The Morgan fingerprint density at radius 3 is 2.52 bits per heavy atom. The minimum atomic E-state index is -0.588. The molecule has 124 valence electrons. The van der Waals surface area contributed by atoms with Gasteiger partial charge in [0.1, 0.15) is 5.84 Å². The van der Waals surface area contributed by atoms with E-state index in [9.17, 15) is 9.90 Å². The third-order valence-electron chi connectivity index (χ3n) is 3.48. The van der Waals surface area contributed by atoms with Gasteiger partial charge in [-0.25, -0.2) is 0 Å². The van der Waals surface area contributed by atoms with Crippen LogP contribution in [0.1, 0.15) is 19.8 Å². The predicted octanol–water partition coefficient (Wildman–Crippen LogP) is 3.16. The Balaban J connectivity index is 2.22. The van der Waals surface area contributed by atoms with E-state index in [4.69, 9.17) is 21.7 Å². The first kappa shape index (κ1) is 17.1. The highest BCUT2D eigenvalue weighted by molar-refractivity contribution is 6.30. The summed E-state index contributed by atoms with van der Waals surface area (Å²) in [5, 5.41) is 21.5. The Kier molecular flexibility index (Phi) is 5.87. The third kappa shape index (κ3) is 4.39. The van der Waals surface area contributed by atoms with E-state index in [0.29, 0.717) is 23.8 Å². The van der Waals surface area contributed by atoms with Gasteiger partial charge in [0.25, 0.3) is 11.9 Å². The molecule has 0 spiro atoms. The fraction of sp³-hybridized carbons (Fsp3) is 0.375. The molecule has 6 nitrogen and oxygen atoms in total. The molecule has 1 aliphatic heterocycles. The summed E-state index contributed by atoms with van der Waals surface area (Å²) in [7, 11) is 0. The molecular weight excluding hydrogens is 318 g/mol. The van der Waals surface area contributed by atoms with Gasteiger partial charge < -0.3 is 20.1 Å². The summed E-state index contributed by atoms with van der Waals surface area (Å²) in [6, 6.07) is 6.59. The number of aliphatic hydroxyl groups excluding tert-OH is 1. The Morgan fingerprint density at radius 1 is 1.35 bits per heavy atom. The second-order valence-electron chi connectivity index (χ2n) is 5.12. The van der Waals surface area contributed by atoms with E-state index >= 15 is 0 Å². The van der Waals surface area contributed by atoms with Gasteiger partial charge in [0.2, 0.25) is 0 Å². The second kappa shape index (κ2) is 7.87. The van der Waals surface area contributed by atoms with Crippen LogP contribution in [0.4, 0.5) is 5.69 Å². The molecule has 3 N–H and O–H groups in total. The average Bonchev–Trinajstić information content (AvgIpc) is 3.04. The number of hydrogen-bond acceptors (Lipinski definition) is 4. The van der Waals surface area contributed by atoms with Crippen molar-refractivity contribution in [2.45, 2.75) is 19.8 Å². The molecule has 1 aliphatic rings. The van der Waals surface area contributed by atoms with Crippen molar-refractivity contribution in [2.24, 2.45) is 0 Å². The van der Waals surface area contributed by atoms with E-state index in [1.165, 1.54) is 0 Å². The van der Waals surface area contributed by atoms with Gasteiger partial charge >= 0.3 is 0 Å². The van der Waals surface area contributed by atoms with Crippen LogP contribution in [0.3, 0.4) is 0 Å². The molecule has 1 amide bonds. The molecule has 0 aliphatic carbocycles. The number of halogens is 1. The van der Waals surface area contributed by atoms with Crippen molar-refractivity contribution in [1.29, 1.82) is 5.41 Å². The normalized spacial score (nSPS) is 15.1. The molecule has 7 heteroatoms. The topological polar surface area (TPSA) is 85.7 Å². The molecule has 1 fully saturated rings. The minimum absolute atomic E-state index is 0.0279. The number of nitrogens with one attached hydrogen (secondary N) is 2. The van der Waals surface area contributed by atoms with E-state index in [2.05, 4.69) is 5.32 Å². The van der Waals surface area contributed by atoms with E-state index in [1.807, 2.05) is 0 Å². The van der Waals surface area contributed by atoms with Gasteiger partial charge in [-0.15, -0.1) is 0 Å². The summed E-state index contributed by atoms with van der Waals surface area (Å²) in [5.74, 6) is -1.15. The molecule has 0 atom stereocenters. The van der Waals surface area contributed by atoms with Crippen LogP contribution in [-0.4, -0.2) is 41.4 Å². The van der Waals surface area contributed by atoms with Crippen LogP contribution < -0.4 is 5.32 Å². The van der Waals surface area contributed by atoms with Gasteiger partial charge in [0, 0.05) is 23.8 Å². The first-order valence-electron chi connectivity index (χ1n) is 7.49. The Bertz CT molecular complexity index is 608. The number of amidine groups is 1. The summed E-state index contributed by atoms with van der Waals surface area (Å²) in [4.78, 5) is 14.3. The van der Waals surface area contributed by atoms with Crippen LogP contribution in [0.15, 0.2) is 35.8 Å². The molecule has 1 aromatic carbocycles. The number of carbonyl (C=O) groups is 1. The largest absolute Gasteiger partial charge is 0.480 e. The lowest BCUT2D eigenvalue weighted by Gasteiger charge is -2.21. The van der Waals surface area contributed by atoms with E-state index in [0.717, 1.165) is 12.8 Å². The van der Waals surface area contributed by atoms with Gasteiger partial charge in [0.05, 0.1) is 6.61 Å². The molecule has 0 unspecified atom stereocenters. The van der Waals surface area contributed by atoms with Crippen molar-refractivity contribution < 1.29 is 14.6 Å². The van der Waals surface area contributed by atoms with Gasteiger partial charge in [-0.2, -0.15) is 0 Å². The van der Waals surface area contributed by atoms with E-state index in [-0.39, 0.29) is 18.0 Å². The Morgan fingerprint density at radius 2 is 1.96 bits per heavy atom. The van der Waals surface area contributed by atoms with Crippen molar-refractivity contribution in [1.82, 2.24) is 4.90 Å². The molecule has 1 saturated heterocycles. The number of likely N-dealkylation sites (tertiary alicyclic amines) is 1. The first-order valence-corrected chi connectivity index (χ1v) is 7.87. The summed E-state index contributed by atoms with van der Waals surface area (Å²) < 4.78 is 5.05. The van der Waals surface area contributed by atoms with Gasteiger partial charge in [-0.3, -0.25) is 10.2 Å². The molecule has 0 saturated carbocycles. The first-order chi connectivity index (χ1) is 11.0. The van der Waals surface area contributed by atoms with Crippen molar-refractivity contribution in [2.75, 3.05) is 25.0 Å². The summed E-state index contributed by atoms with van der Waals surface area (Å²) in [6.45, 7) is 3.28. The average molecular weight is 338 g/mol. The molecule has 2 rings (SSSR count). The lowest BCUT2D eigenvalue weighted by Crippen LogP contribution is -2.34. The van der Waals surface area contributed by atoms with Crippen molar-refractivity contribution in [3.63, 3.8) is 0 Å². The highest BCUT2D eigenvalue weighted by Crippen LogP contribution is 2.18. The molecule has 23 heavy (non-hydrogen) atoms. The zero-order valence-electron chi connectivity index (χ0n) is 12.9. The summed E-state index contributed by atoms with van der Waals surface area (Å²) >= 11 is 5.82. The fourth-order valence-electron chi connectivity index (χ4n) is 2.34. The number of benzene rings is 1. The number of carbonyl (C=O) groups excluding carboxylic acids is 1. The van der Waals surface area contributed by atoms with E-state index < -0.39 is 11.9 Å². The number of nitrogens with zero attached hydrogens (tertiary/aromatic N) is 1. The highest BCUT2D eigenvalue weighted by atomic mass is 35.5. The highest BCUT2D eigenvalue weighted by Gasteiger charge is 2.27. The minimum Gasteiger partial charge on any atom is -0.480 e. The van der Waals surface area contributed by atoms with Crippen LogP contribution in [0.5, 0.6) is 0 Å². The molecule has 0 bridgehead atoms. The number of hydrogen-bond donors (Lipinski definition) is 3.